The normalized spacial score (nSPS) is 26.2. The molecule has 4 nitrogen and oxygen atoms in total. The van der Waals surface area contributed by atoms with Gasteiger partial charge in [-0.3, -0.25) is 4.90 Å². The standard InChI is InChI=1S/C13H19N3O/c1-10-2-3-13(14-6-10)15-5-4-11(7-15)16-8-12(17)9-16/h2-3,6,11-12,17H,4-5,7-9H2,1H3/p+1. The van der Waals surface area contributed by atoms with Crippen molar-refractivity contribution in [3.05, 3.63) is 23.9 Å². The first kappa shape index (κ1) is 11.0. The van der Waals surface area contributed by atoms with Crippen molar-refractivity contribution >= 4 is 5.82 Å². The van der Waals surface area contributed by atoms with Crippen molar-refractivity contribution in [1.29, 1.82) is 0 Å². The first-order valence-electron chi connectivity index (χ1n) is 6.35. The maximum atomic E-state index is 7.58. The highest BCUT2D eigenvalue weighted by atomic mass is 16.3. The molecular formula is C13H20N3O+. The van der Waals surface area contributed by atoms with Crippen LogP contribution in [0.15, 0.2) is 18.3 Å². The Morgan fingerprint density at radius 2 is 2.12 bits per heavy atom. The van der Waals surface area contributed by atoms with Crippen LogP contribution in [0.3, 0.4) is 0 Å². The van der Waals surface area contributed by atoms with Crippen molar-refractivity contribution in [1.82, 2.24) is 9.88 Å². The SMILES string of the molecule is Cc1ccc(N2CCC(N3CC([OH2+])C3)C2)nc1. The summed E-state index contributed by atoms with van der Waals surface area (Å²) in [6.07, 6.45) is 3.30. The maximum absolute atomic E-state index is 7.58. The van der Waals surface area contributed by atoms with Crippen molar-refractivity contribution in [3.8, 4) is 0 Å². The van der Waals surface area contributed by atoms with Crippen LogP contribution in [0.5, 0.6) is 0 Å². The quantitative estimate of drug-likeness (QED) is 0.695. The van der Waals surface area contributed by atoms with Crippen LogP contribution in [-0.4, -0.2) is 53.3 Å². The van der Waals surface area contributed by atoms with E-state index in [1.54, 1.807) is 0 Å². The van der Waals surface area contributed by atoms with E-state index in [1.165, 1.54) is 12.0 Å². The van der Waals surface area contributed by atoms with Gasteiger partial charge in [0.05, 0.1) is 13.1 Å². The van der Waals surface area contributed by atoms with Crippen molar-refractivity contribution in [2.45, 2.75) is 25.5 Å². The molecule has 17 heavy (non-hydrogen) atoms. The molecule has 0 saturated carbocycles. The fourth-order valence-corrected chi connectivity index (χ4v) is 2.71. The fourth-order valence-electron chi connectivity index (χ4n) is 2.71. The molecule has 2 fully saturated rings. The summed E-state index contributed by atoms with van der Waals surface area (Å²) in [5, 5.41) is 7.58. The lowest BCUT2D eigenvalue weighted by Gasteiger charge is -2.37. The molecule has 3 rings (SSSR count). The number of aromatic nitrogens is 1. The van der Waals surface area contributed by atoms with Crippen LogP contribution in [-0.2, 0) is 0 Å². The van der Waals surface area contributed by atoms with E-state index >= 15 is 0 Å². The summed E-state index contributed by atoms with van der Waals surface area (Å²) in [6.45, 7) is 6.15. The van der Waals surface area contributed by atoms with Crippen LogP contribution in [0.2, 0.25) is 0 Å². The van der Waals surface area contributed by atoms with Gasteiger partial charge in [-0.15, -0.1) is 0 Å². The topological polar surface area (TPSA) is 42.3 Å². The van der Waals surface area contributed by atoms with Crippen LogP contribution in [0, 0.1) is 6.92 Å². The van der Waals surface area contributed by atoms with Crippen LogP contribution in [0.25, 0.3) is 0 Å². The maximum Gasteiger partial charge on any atom is 0.179 e. The predicted molar refractivity (Wildman–Crippen MR) is 68.6 cm³/mol. The first-order valence-corrected chi connectivity index (χ1v) is 6.35. The van der Waals surface area contributed by atoms with Gasteiger partial charge in [-0.1, -0.05) is 6.07 Å². The van der Waals surface area contributed by atoms with Gasteiger partial charge in [0.25, 0.3) is 0 Å². The van der Waals surface area contributed by atoms with Gasteiger partial charge in [0.1, 0.15) is 5.82 Å². The van der Waals surface area contributed by atoms with Gasteiger partial charge >= 0.3 is 0 Å². The number of anilines is 1. The third kappa shape index (κ3) is 2.15. The second-order valence-corrected chi connectivity index (χ2v) is 5.23. The zero-order valence-corrected chi connectivity index (χ0v) is 10.3. The van der Waals surface area contributed by atoms with Gasteiger partial charge in [-0.2, -0.15) is 0 Å². The van der Waals surface area contributed by atoms with E-state index < -0.39 is 0 Å². The smallest absolute Gasteiger partial charge is 0.179 e. The molecule has 1 aromatic heterocycles. The molecular weight excluding hydrogens is 214 g/mol. The minimum absolute atomic E-state index is 0.154. The summed E-state index contributed by atoms with van der Waals surface area (Å²) in [5.74, 6) is 1.10. The van der Waals surface area contributed by atoms with Crippen molar-refractivity contribution in [3.63, 3.8) is 0 Å². The Balaban J connectivity index is 1.62. The molecule has 0 radical (unpaired) electrons. The number of nitrogens with zero attached hydrogens (tertiary/aromatic N) is 3. The molecule has 1 atom stereocenters. The summed E-state index contributed by atoms with van der Waals surface area (Å²) >= 11 is 0. The number of hydrogen-bond acceptors (Lipinski definition) is 3. The average molecular weight is 234 g/mol. The molecule has 2 aliphatic rings. The Kier molecular flexibility index (Phi) is 2.76. The Labute approximate surface area is 102 Å². The summed E-state index contributed by atoms with van der Waals surface area (Å²) in [6, 6.07) is 4.87. The summed E-state index contributed by atoms with van der Waals surface area (Å²) in [7, 11) is 0. The van der Waals surface area contributed by atoms with Gasteiger partial charge in [-0.05, 0) is 25.0 Å². The Morgan fingerprint density at radius 3 is 2.76 bits per heavy atom. The molecule has 92 valence electrons. The van der Waals surface area contributed by atoms with E-state index in [-0.39, 0.29) is 6.10 Å². The lowest BCUT2D eigenvalue weighted by atomic mass is 10.1. The van der Waals surface area contributed by atoms with E-state index in [9.17, 15) is 0 Å². The van der Waals surface area contributed by atoms with E-state index in [0.717, 1.165) is 32.0 Å². The second-order valence-electron chi connectivity index (χ2n) is 5.23. The highest BCUT2D eigenvalue weighted by Crippen LogP contribution is 2.24. The zero-order chi connectivity index (χ0) is 11.8. The molecule has 1 unspecified atom stereocenters. The van der Waals surface area contributed by atoms with Crippen molar-refractivity contribution in [2.75, 3.05) is 31.1 Å². The minimum atomic E-state index is 0.154. The van der Waals surface area contributed by atoms with Gasteiger partial charge in [0, 0.05) is 25.3 Å². The Bertz CT molecular complexity index is 386. The molecule has 2 aliphatic heterocycles. The molecule has 0 amide bonds. The van der Waals surface area contributed by atoms with Gasteiger partial charge in [0.15, 0.2) is 6.10 Å². The molecule has 0 bridgehead atoms. The summed E-state index contributed by atoms with van der Waals surface area (Å²) in [4.78, 5) is 9.28. The van der Waals surface area contributed by atoms with Crippen LogP contribution in [0.4, 0.5) is 5.82 Å². The van der Waals surface area contributed by atoms with Gasteiger partial charge < -0.3 is 10.0 Å². The lowest BCUT2D eigenvalue weighted by Crippen LogP contribution is -2.56. The predicted octanol–water partition coefficient (Wildman–Crippen LogP) is 0.378. The molecule has 2 N–H and O–H groups in total. The van der Waals surface area contributed by atoms with Crippen LogP contribution < -0.4 is 4.90 Å². The number of rotatable bonds is 2. The van der Waals surface area contributed by atoms with Gasteiger partial charge in [0.2, 0.25) is 0 Å². The first-order chi connectivity index (χ1) is 8.22. The third-order valence-electron chi connectivity index (χ3n) is 3.81. The lowest BCUT2D eigenvalue weighted by molar-refractivity contribution is -0.0195. The Morgan fingerprint density at radius 1 is 1.29 bits per heavy atom. The second kappa shape index (κ2) is 4.27. The van der Waals surface area contributed by atoms with E-state index in [4.69, 9.17) is 5.11 Å². The fraction of sp³-hybridized carbons (Fsp3) is 0.615. The van der Waals surface area contributed by atoms with Gasteiger partial charge in [-0.25, -0.2) is 4.98 Å². The van der Waals surface area contributed by atoms with Crippen LogP contribution in [0.1, 0.15) is 12.0 Å². The summed E-state index contributed by atoms with van der Waals surface area (Å²) < 4.78 is 0. The van der Waals surface area contributed by atoms with E-state index in [1.807, 2.05) is 6.20 Å². The number of aryl methyl sites for hydroxylation is 1. The third-order valence-corrected chi connectivity index (χ3v) is 3.81. The molecule has 4 heteroatoms. The summed E-state index contributed by atoms with van der Waals surface area (Å²) in [5.41, 5.74) is 1.21. The largest absolute Gasteiger partial charge is 0.441 e. The average Bonchev–Trinajstić information content (AvgIpc) is 2.75. The molecule has 0 aromatic carbocycles. The number of pyridine rings is 1. The molecule has 0 spiro atoms. The molecule has 3 heterocycles. The molecule has 0 aliphatic carbocycles. The number of likely N-dealkylation sites (tertiary alicyclic amines) is 1. The number of hydrogen-bond donors (Lipinski definition) is 0. The molecule has 1 aromatic rings. The van der Waals surface area contributed by atoms with Crippen LogP contribution >= 0.6 is 0 Å². The van der Waals surface area contributed by atoms with Crippen molar-refractivity contribution < 1.29 is 5.11 Å². The monoisotopic (exact) mass is 234 g/mol. The van der Waals surface area contributed by atoms with Crippen molar-refractivity contribution in [2.24, 2.45) is 0 Å². The van der Waals surface area contributed by atoms with E-state index in [0.29, 0.717) is 6.04 Å². The highest BCUT2D eigenvalue weighted by molar-refractivity contribution is 5.40. The Hall–Kier alpha value is -1.13. The minimum Gasteiger partial charge on any atom is -0.441 e. The molecule has 2 saturated heterocycles. The van der Waals surface area contributed by atoms with E-state index in [2.05, 4.69) is 33.8 Å². The highest BCUT2D eigenvalue weighted by Gasteiger charge is 2.37. The zero-order valence-electron chi connectivity index (χ0n) is 10.3.